The van der Waals surface area contributed by atoms with Crippen molar-refractivity contribution in [3.8, 4) is 17.2 Å². The zero-order valence-electron chi connectivity index (χ0n) is 15.7. The van der Waals surface area contributed by atoms with Crippen LogP contribution in [0.3, 0.4) is 0 Å². The minimum Gasteiger partial charge on any atom is -0.493 e. The second-order valence-electron chi connectivity index (χ2n) is 5.89. The van der Waals surface area contributed by atoms with Gasteiger partial charge in [0.05, 0.1) is 32.7 Å². The molecule has 0 radical (unpaired) electrons. The summed E-state index contributed by atoms with van der Waals surface area (Å²) >= 11 is 0. The fraction of sp³-hybridized carbons (Fsp3) is 0.316. The van der Waals surface area contributed by atoms with Crippen molar-refractivity contribution in [2.24, 2.45) is 0 Å². The van der Waals surface area contributed by atoms with E-state index in [0.717, 1.165) is 0 Å². The number of hydrogen-bond acceptors (Lipinski definition) is 6. The van der Waals surface area contributed by atoms with Crippen molar-refractivity contribution in [3.05, 3.63) is 57.6 Å². The molecule has 0 aliphatic heterocycles. The minimum atomic E-state index is -0.457. The van der Waals surface area contributed by atoms with Crippen LogP contribution < -0.4 is 14.2 Å². The monoisotopic (exact) mass is 374 g/mol. The first-order chi connectivity index (χ1) is 12.9. The number of likely N-dealkylation sites (N-methyl/N-ethyl adjacent to an activating group) is 1. The number of nitro benzene ring substituents is 1. The third-order valence-electron chi connectivity index (χ3n) is 4.05. The number of nitrogens with zero attached hydrogens (tertiary/aromatic N) is 2. The van der Waals surface area contributed by atoms with E-state index >= 15 is 0 Å². The number of carbonyl (C=O) groups is 1. The first-order valence-corrected chi connectivity index (χ1v) is 8.15. The Morgan fingerprint density at radius 1 is 1.04 bits per heavy atom. The maximum Gasteiger partial charge on any atom is 0.269 e. The third-order valence-corrected chi connectivity index (χ3v) is 4.05. The number of methoxy groups -OCH3 is 3. The molecule has 8 heteroatoms. The van der Waals surface area contributed by atoms with Gasteiger partial charge in [0, 0.05) is 25.7 Å². The first-order valence-electron chi connectivity index (χ1n) is 8.15. The molecule has 0 fully saturated rings. The Morgan fingerprint density at radius 3 is 2.19 bits per heavy atom. The van der Waals surface area contributed by atoms with E-state index in [0.29, 0.717) is 28.4 Å². The van der Waals surface area contributed by atoms with Gasteiger partial charge >= 0.3 is 0 Å². The van der Waals surface area contributed by atoms with Gasteiger partial charge in [0.15, 0.2) is 11.5 Å². The van der Waals surface area contributed by atoms with Gasteiger partial charge in [-0.05, 0) is 23.3 Å². The molecule has 0 bridgehead atoms. The molecule has 2 aromatic carbocycles. The summed E-state index contributed by atoms with van der Waals surface area (Å²) in [6.07, 6.45) is 0.127. The molecular weight excluding hydrogens is 352 g/mol. The van der Waals surface area contributed by atoms with Crippen LogP contribution in [0.25, 0.3) is 0 Å². The third kappa shape index (κ3) is 4.87. The molecule has 8 nitrogen and oxygen atoms in total. The van der Waals surface area contributed by atoms with E-state index in [1.165, 1.54) is 38.4 Å². The van der Waals surface area contributed by atoms with Crippen LogP contribution in [0.2, 0.25) is 0 Å². The maximum absolute atomic E-state index is 12.6. The Kier molecular flexibility index (Phi) is 6.59. The van der Waals surface area contributed by atoms with E-state index < -0.39 is 4.92 Å². The molecule has 1 amide bonds. The number of ether oxygens (including phenoxy) is 3. The molecule has 27 heavy (non-hydrogen) atoms. The number of benzene rings is 2. The van der Waals surface area contributed by atoms with Crippen LogP contribution in [0.5, 0.6) is 17.2 Å². The summed E-state index contributed by atoms with van der Waals surface area (Å²) in [4.78, 5) is 24.5. The van der Waals surface area contributed by atoms with Crippen LogP contribution in [0.1, 0.15) is 11.1 Å². The molecule has 0 atom stereocenters. The summed E-state index contributed by atoms with van der Waals surface area (Å²) in [5.74, 6) is 1.26. The molecule has 0 spiro atoms. The number of amides is 1. The Balaban J connectivity index is 2.14. The van der Waals surface area contributed by atoms with Crippen molar-refractivity contribution in [2.45, 2.75) is 13.0 Å². The van der Waals surface area contributed by atoms with Crippen LogP contribution in [-0.2, 0) is 17.8 Å². The smallest absolute Gasteiger partial charge is 0.269 e. The molecule has 2 rings (SSSR count). The van der Waals surface area contributed by atoms with Crippen LogP contribution >= 0.6 is 0 Å². The van der Waals surface area contributed by atoms with Gasteiger partial charge in [-0.25, -0.2) is 0 Å². The van der Waals surface area contributed by atoms with E-state index in [2.05, 4.69) is 0 Å². The highest BCUT2D eigenvalue weighted by atomic mass is 16.6. The second-order valence-corrected chi connectivity index (χ2v) is 5.89. The number of nitro groups is 1. The molecule has 0 aliphatic rings. The number of carbonyl (C=O) groups excluding carboxylic acids is 1. The number of rotatable bonds is 8. The zero-order chi connectivity index (χ0) is 20.0. The average molecular weight is 374 g/mol. The van der Waals surface area contributed by atoms with Gasteiger partial charge in [-0.15, -0.1) is 0 Å². The fourth-order valence-electron chi connectivity index (χ4n) is 2.68. The lowest BCUT2D eigenvalue weighted by Crippen LogP contribution is -2.27. The van der Waals surface area contributed by atoms with Crippen molar-refractivity contribution in [1.29, 1.82) is 0 Å². The lowest BCUT2D eigenvalue weighted by molar-refractivity contribution is -0.384. The lowest BCUT2D eigenvalue weighted by atomic mass is 10.1. The number of non-ortho nitro benzene ring substituents is 1. The predicted octanol–water partition coefficient (Wildman–Crippen LogP) is 2.82. The molecule has 0 saturated heterocycles. The first kappa shape index (κ1) is 20.0. The van der Waals surface area contributed by atoms with Crippen molar-refractivity contribution in [3.63, 3.8) is 0 Å². The zero-order valence-corrected chi connectivity index (χ0v) is 15.7. The quantitative estimate of drug-likeness (QED) is 0.521. The van der Waals surface area contributed by atoms with Crippen LogP contribution in [0.15, 0.2) is 36.4 Å². The minimum absolute atomic E-state index is 0.00187. The van der Waals surface area contributed by atoms with Gasteiger partial charge in [-0.1, -0.05) is 12.1 Å². The van der Waals surface area contributed by atoms with Gasteiger partial charge in [0.2, 0.25) is 11.7 Å². The van der Waals surface area contributed by atoms with Gasteiger partial charge in [0.1, 0.15) is 0 Å². The van der Waals surface area contributed by atoms with Crippen molar-refractivity contribution in [1.82, 2.24) is 4.90 Å². The largest absolute Gasteiger partial charge is 0.493 e. The van der Waals surface area contributed by atoms with Crippen molar-refractivity contribution in [2.75, 3.05) is 28.4 Å². The highest BCUT2D eigenvalue weighted by molar-refractivity contribution is 5.79. The standard InChI is InChI=1S/C19H22N2O6/c1-20(12-13-6-5-7-15(8-13)21(23)24)18(22)11-14-9-16(25-2)19(27-4)17(10-14)26-3/h5-10H,11-12H2,1-4H3. The van der Waals surface area contributed by atoms with Crippen molar-refractivity contribution < 1.29 is 23.9 Å². The highest BCUT2D eigenvalue weighted by Crippen LogP contribution is 2.38. The van der Waals surface area contributed by atoms with Crippen LogP contribution in [0.4, 0.5) is 5.69 Å². The summed E-state index contributed by atoms with van der Waals surface area (Å²) < 4.78 is 15.9. The van der Waals surface area contributed by atoms with E-state index in [9.17, 15) is 14.9 Å². The molecule has 0 unspecified atom stereocenters. The Labute approximate surface area is 157 Å². The molecular formula is C19H22N2O6. The van der Waals surface area contributed by atoms with E-state index in [4.69, 9.17) is 14.2 Å². The SMILES string of the molecule is COc1cc(CC(=O)N(C)Cc2cccc([N+](=O)[O-])c2)cc(OC)c1OC. The predicted molar refractivity (Wildman–Crippen MR) is 99.4 cm³/mol. The molecule has 0 heterocycles. The Hall–Kier alpha value is -3.29. The van der Waals surface area contributed by atoms with Crippen LogP contribution in [0, 0.1) is 10.1 Å². The maximum atomic E-state index is 12.6. The molecule has 0 saturated carbocycles. The van der Waals surface area contributed by atoms with Crippen molar-refractivity contribution >= 4 is 11.6 Å². The van der Waals surface area contributed by atoms with E-state index in [1.54, 1.807) is 31.3 Å². The summed E-state index contributed by atoms with van der Waals surface area (Å²) in [6, 6.07) is 9.67. The fourth-order valence-corrected chi connectivity index (χ4v) is 2.68. The molecule has 0 N–H and O–H groups in total. The highest BCUT2D eigenvalue weighted by Gasteiger charge is 2.17. The normalized spacial score (nSPS) is 10.2. The second kappa shape index (κ2) is 8.88. The van der Waals surface area contributed by atoms with E-state index in [1.807, 2.05) is 0 Å². The van der Waals surface area contributed by atoms with Crippen LogP contribution in [-0.4, -0.2) is 44.1 Å². The average Bonchev–Trinajstić information content (AvgIpc) is 2.67. The summed E-state index contributed by atoms with van der Waals surface area (Å²) in [6.45, 7) is 0.269. The molecule has 144 valence electrons. The van der Waals surface area contributed by atoms with Gasteiger partial charge in [-0.2, -0.15) is 0 Å². The molecule has 0 aromatic heterocycles. The summed E-state index contributed by atoms with van der Waals surface area (Å²) in [5, 5.41) is 10.9. The number of hydrogen-bond donors (Lipinski definition) is 0. The van der Waals surface area contributed by atoms with E-state index in [-0.39, 0.29) is 24.6 Å². The van der Waals surface area contributed by atoms with Gasteiger partial charge < -0.3 is 19.1 Å². The topological polar surface area (TPSA) is 91.1 Å². The van der Waals surface area contributed by atoms with Gasteiger partial charge in [0.25, 0.3) is 5.69 Å². The molecule has 2 aromatic rings. The Bertz CT molecular complexity index is 812. The Morgan fingerprint density at radius 2 is 1.67 bits per heavy atom. The summed E-state index contributed by atoms with van der Waals surface area (Å²) in [7, 11) is 6.19. The summed E-state index contributed by atoms with van der Waals surface area (Å²) in [5.41, 5.74) is 1.39. The lowest BCUT2D eigenvalue weighted by Gasteiger charge is -2.18. The molecule has 0 aliphatic carbocycles. The van der Waals surface area contributed by atoms with Gasteiger partial charge in [-0.3, -0.25) is 14.9 Å².